The van der Waals surface area contributed by atoms with Gasteiger partial charge in [-0.2, -0.15) is 0 Å². The minimum Gasteiger partial charge on any atom is -0.462 e. The molecule has 1 unspecified atom stereocenters. The molecule has 0 rings (SSSR count). The average Bonchev–Trinajstić information content (AvgIpc) is 3.35. The minimum absolute atomic E-state index is 0.105. The molecular weight excluding hydrogens is 853 g/mol. The molecule has 0 fully saturated rings. The van der Waals surface area contributed by atoms with Crippen LogP contribution in [0.15, 0.2) is 109 Å². The number of hydrogen-bond donors (Lipinski definition) is 0. The standard InChI is InChI=1S/C63H104O6/c1-4-7-10-13-16-19-22-25-28-31-32-33-36-38-41-44-47-50-53-56-62(65)68-59-60(69-63(66)57-54-51-48-45-42-39-35-30-27-24-21-18-15-12-9-6-3)58-67-61(64)55-52-49-46-43-40-37-34-29-26-23-20-17-14-11-8-5-2/h8-9,11-12,17-18,20-21,26-27,29-32,37,39-40,42,60H,4-7,10,13-16,19,22-25,28,33-36,38,41,43-59H2,1-3H3/b11-8-,12-9-,20-17-,21-18-,29-26-,30-27-,32-31-,40-37-,42-39-. The van der Waals surface area contributed by atoms with Crippen molar-refractivity contribution in [1.29, 1.82) is 0 Å². The summed E-state index contributed by atoms with van der Waals surface area (Å²) in [5.74, 6) is -0.973. The molecule has 0 aliphatic carbocycles. The molecule has 0 aliphatic heterocycles. The van der Waals surface area contributed by atoms with E-state index in [4.69, 9.17) is 14.2 Å². The van der Waals surface area contributed by atoms with Gasteiger partial charge in [0.25, 0.3) is 0 Å². The molecule has 69 heavy (non-hydrogen) atoms. The summed E-state index contributed by atoms with van der Waals surface area (Å²) in [5, 5.41) is 0. The van der Waals surface area contributed by atoms with Crippen molar-refractivity contribution in [3.8, 4) is 0 Å². The number of carbonyl (C=O) groups is 3. The summed E-state index contributed by atoms with van der Waals surface area (Å²) in [4.78, 5) is 38.1. The Morgan fingerprint density at radius 3 is 0.913 bits per heavy atom. The summed E-state index contributed by atoms with van der Waals surface area (Å²) in [6, 6.07) is 0. The lowest BCUT2D eigenvalue weighted by Gasteiger charge is -2.18. The number of hydrogen-bond acceptors (Lipinski definition) is 6. The molecular formula is C63H104O6. The summed E-state index contributed by atoms with van der Waals surface area (Å²) in [6.07, 6.45) is 76.5. The van der Waals surface area contributed by atoms with Crippen molar-refractivity contribution in [2.45, 2.75) is 258 Å². The fraction of sp³-hybridized carbons (Fsp3) is 0.667. The fourth-order valence-electron chi connectivity index (χ4n) is 7.54. The lowest BCUT2D eigenvalue weighted by Crippen LogP contribution is -2.30. The largest absolute Gasteiger partial charge is 0.462 e. The first-order valence-electron chi connectivity index (χ1n) is 28.4. The van der Waals surface area contributed by atoms with Gasteiger partial charge < -0.3 is 14.2 Å². The molecule has 0 amide bonds. The van der Waals surface area contributed by atoms with Gasteiger partial charge in [0.05, 0.1) is 0 Å². The van der Waals surface area contributed by atoms with Crippen LogP contribution in [0.2, 0.25) is 0 Å². The highest BCUT2D eigenvalue weighted by atomic mass is 16.6. The van der Waals surface area contributed by atoms with Crippen LogP contribution in [-0.2, 0) is 28.6 Å². The Labute approximate surface area is 425 Å². The lowest BCUT2D eigenvalue weighted by molar-refractivity contribution is -0.167. The summed E-state index contributed by atoms with van der Waals surface area (Å²) < 4.78 is 16.8. The van der Waals surface area contributed by atoms with Crippen molar-refractivity contribution in [1.82, 2.24) is 0 Å². The second kappa shape index (κ2) is 56.7. The minimum atomic E-state index is -0.812. The van der Waals surface area contributed by atoms with Crippen LogP contribution in [0.3, 0.4) is 0 Å². The smallest absolute Gasteiger partial charge is 0.306 e. The van der Waals surface area contributed by atoms with Gasteiger partial charge in [0.2, 0.25) is 0 Å². The zero-order chi connectivity index (χ0) is 50.0. The maximum Gasteiger partial charge on any atom is 0.306 e. The molecule has 6 heteroatoms. The molecule has 0 aliphatic rings. The van der Waals surface area contributed by atoms with Crippen LogP contribution in [0.4, 0.5) is 0 Å². The number of ether oxygens (including phenoxy) is 3. The highest BCUT2D eigenvalue weighted by Crippen LogP contribution is 2.14. The van der Waals surface area contributed by atoms with Crippen LogP contribution in [-0.4, -0.2) is 37.2 Å². The van der Waals surface area contributed by atoms with Crippen molar-refractivity contribution in [3.05, 3.63) is 109 Å². The average molecular weight is 958 g/mol. The van der Waals surface area contributed by atoms with E-state index in [2.05, 4.69) is 130 Å². The van der Waals surface area contributed by atoms with E-state index in [9.17, 15) is 14.4 Å². The SMILES string of the molecule is CC/C=C\C/C=C\C/C=C\C/C=C\CCCCCC(=O)OCC(COC(=O)CCCCCCCCC/C=C\CCCCCCCCCC)OC(=O)CCCCC/C=C\C/C=C\C/C=C\C/C=C\CC. The molecule has 1 atom stereocenters. The second-order valence-corrected chi connectivity index (χ2v) is 18.4. The predicted molar refractivity (Wildman–Crippen MR) is 297 cm³/mol. The van der Waals surface area contributed by atoms with Gasteiger partial charge in [0.1, 0.15) is 13.2 Å². The van der Waals surface area contributed by atoms with Crippen molar-refractivity contribution < 1.29 is 28.6 Å². The molecule has 6 nitrogen and oxygen atoms in total. The van der Waals surface area contributed by atoms with Crippen LogP contribution >= 0.6 is 0 Å². The Bertz CT molecular complexity index is 1420. The number of esters is 3. The van der Waals surface area contributed by atoms with Crippen molar-refractivity contribution >= 4 is 17.9 Å². The molecule has 0 aromatic heterocycles. The van der Waals surface area contributed by atoms with Gasteiger partial charge in [-0.15, -0.1) is 0 Å². The maximum atomic E-state index is 12.8. The topological polar surface area (TPSA) is 78.9 Å². The van der Waals surface area contributed by atoms with E-state index in [0.717, 1.165) is 122 Å². The third-order valence-corrected chi connectivity index (χ3v) is 11.7. The van der Waals surface area contributed by atoms with Crippen LogP contribution < -0.4 is 0 Å². The van der Waals surface area contributed by atoms with E-state index in [1.54, 1.807) is 0 Å². The van der Waals surface area contributed by atoms with E-state index >= 15 is 0 Å². The van der Waals surface area contributed by atoms with Crippen LogP contribution in [0.5, 0.6) is 0 Å². The lowest BCUT2D eigenvalue weighted by atomic mass is 10.1. The first-order chi connectivity index (χ1) is 34.0. The summed E-state index contributed by atoms with van der Waals surface area (Å²) in [5.41, 5.74) is 0. The van der Waals surface area contributed by atoms with Crippen molar-refractivity contribution in [2.24, 2.45) is 0 Å². The van der Waals surface area contributed by atoms with Crippen LogP contribution in [0, 0.1) is 0 Å². The van der Waals surface area contributed by atoms with Crippen molar-refractivity contribution in [2.75, 3.05) is 13.2 Å². The van der Waals surface area contributed by atoms with Gasteiger partial charge in [0, 0.05) is 19.3 Å². The first-order valence-corrected chi connectivity index (χ1v) is 28.4. The van der Waals surface area contributed by atoms with Gasteiger partial charge in [-0.05, 0) is 122 Å². The van der Waals surface area contributed by atoms with E-state index in [1.807, 2.05) is 0 Å². The summed E-state index contributed by atoms with van der Waals surface area (Å²) >= 11 is 0. The fourth-order valence-corrected chi connectivity index (χ4v) is 7.54. The Balaban J connectivity index is 4.49. The molecule has 0 spiro atoms. The Morgan fingerprint density at radius 2 is 0.565 bits per heavy atom. The molecule has 0 radical (unpaired) electrons. The zero-order valence-corrected chi connectivity index (χ0v) is 44.8. The van der Waals surface area contributed by atoms with Crippen LogP contribution in [0.25, 0.3) is 0 Å². The molecule has 0 saturated heterocycles. The number of rotatable bonds is 50. The van der Waals surface area contributed by atoms with Gasteiger partial charge in [-0.3, -0.25) is 14.4 Å². The molecule has 0 aromatic rings. The predicted octanol–water partition coefficient (Wildman–Crippen LogP) is 19.1. The normalized spacial score (nSPS) is 12.9. The third kappa shape index (κ3) is 54.9. The zero-order valence-electron chi connectivity index (χ0n) is 44.8. The van der Waals surface area contributed by atoms with Gasteiger partial charge in [0.15, 0.2) is 6.10 Å². The Hall–Kier alpha value is -3.93. The van der Waals surface area contributed by atoms with E-state index in [-0.39, 0.29) is 37.5 Å². The summed E-state index contributed by atoms with van der Waals surface area (Å²) in [7, 11) is 0. The van der Waals surface area contributed by atoms with Gasteiger partial charge in [-0.25, -0.2) is 0 Å². The van der Waals surface area contributed by atoms with Crippen molar-refractivity contribution in [3.63, 3.8) is 0 Å². The van der Waals surface area contributed by atoms with Crippen LogP contribution in [0.1, 0.15) is 252 Å². The number of unbranched alkanes of at least 4 members (excludes halogenated alkanes) is 21. The molecule has 0 bridgehead atoms. The Morgan fingerprint density at radius 1 is 0.304 bits per heavy atom. The van der Waals surface area contributed by atoms with E-state index in [0.29, 0.717) is 12.8 Å². The number of allylic oxidation sites excluding steroid dienone is 18. The van der Waals surface area contributed by atoms with E-state index in [1.165, 1.54) is 89.9 Å². The quantitative estimate of drug-likeness (QED) is 0.0262. The first kappa shape index (κ1) is 65.1. The Kier molecular flexibility index (Phi) is 53.4. The molecule has 0 aromatic carbocycles. The second-order valence-electron chi connectivity index (χ2n) is 18.4. The maximum absolute atomic E-state index is 12.8. The highest BCUT2D eigenvalue weighted by Gasteiger charge is 2.19. The molecule has 0 heterocycles. The molecule has 392 valence electrons. The third-order valence-electron chi connectivity index (χ3n) is 11.7. The number of carbonyl (C=O) groups excluding carboxylic acids is 3. The van der Waals surface area contributed by atoms with Gasteiger partial charge in [-0.1, -0.05) is 220 Å². The summed E-state index contributed by atoms with van der Waals surface area (Å²) in [6.45, 7) is 6.36. The monoisotopic (exact) mass is 957 g/mol. The molecule has 0 N–H and O–H groups in total. The van der Waals surface area contributed by atoms with Gasteiger partial charge >= 0.3 is 17.9 Å². The van der Waals surface area contributed by atoms with E-state index < -0.39 is 6.10 Å². The highest BCUT2D eigenvalue weighted by molar-refractivity contribution is 5.71. The molecule has 0 saturated carbocycles.